The number of carbonyl (C=O) groups excluding carboxylic acids is 1. The molecule has 0 aliphatic carbocycles. The zero-order chi connectivity index (χ0) is 19.7. The van der Waals surface area contributed by atoms with Crippen LogP contribution < -0.4 is 21.0 Å². The van der Waals surface area contributed by atoms with Crippen LogP contribution in [0.3, 0.4) is 0 Å². The van der Waals surface area contributed by atoms with Crippen molar-refractivity contribution in [3.8, 4) is 5.75 Å². The van der Waals surface area contributed by atoms with Crippen molar-refractivity contribution in [1.29, 1.82) is 0 Å². The number of rotatable bonds is 4. The molecule has 150 valence electrons. The van der Waals surface area contributed by atoms with Crippen LogP contribution in [-0.2, 0) is 4.74 Å². The summed E-state index contributed by atoms with van der Waals surface area (Å²) >= 11 is 0. The molecule has 4 rings (SSSR count). The number of amides is 1. The fourth-order valence-corrected chi connectivity index (χ4v) is 4.03. The first kappa shape index (κ1) is 19.0. The van der Waals surface area contributed by atoms with E-state index in [2.05, 4.69) is 10.6 Å². The third kappa shape index (κ3) is 3.91. The number of nitrogens with one attached hydrogen (secondary N) is 2. The van der Waals surface area contributed by atoms with Crippen molar-refractivity contribution in [2.24, 2.45) is 0 Å². The predicted octanol–water partition coefficient (Wildman–Crippen LogP) is 2.22. The van der Waals surface area contributed by atoms with Gasteiger partial charge in [0, 0.05) is 11.5 Å². The lowest BCUT2D eigenvalue weighted by molar-refractivity contribution is -0.0194. The standard InChI is InChI=1S/C21H26N2O5/c1-13(2)27-16-4-3-14-9-17(20(25)28-18(14)10-16)19(24)23-15-11-21(26-12-15)5-7-22-8-6-21/h3-4,9-10,13,15,22H,5-8,11-12H2,1-2H3,(H,23,24). The first-order chi connectivity index (χ1) is 13.4. The van der Waals surface area contributed by atoms with Gasteiger partial charge >= 0.3 is 5.63 Å². The summed E-state index contributed by atoms with van der Waals surface area (Å²) in [5, 5.41) is 6.95. The van der Waals surface area contributed by atoms with Gasteiger partial charge in [-0.3, -0.25) is 4.79 Å². The molecule has 0 bridgehead atoms. The van der Waals surface area contributed by atoms with Gasteiger partial charge in [0.15, 0.2) is 0 Å². The van der Waals surface area contributed by atoms with Crippen LogP contribution >= 0.6 is 0 Å². The molecule has 0 radical (unpaired) electrons. The Morgan fingerprint density at radius 2 is 2.07 bits per heavy atom. The number of carbonyl (C=O) groups is 1. The molecule has 1 aromatic heterocycles. The monoisotopic (exact) mass is 386 g/mol. The highest BCUT2D eigenvalue weighted by molar-refractivity contribution is 5.96. The van der Waals surface area contributed by atoms with E-state index < -0.39 is 11.5 Å². The summed E-state index contributed by atoms with van der Waals surface area (Å²) in [7, 11) is 0. The van der Waals surface area contributed by atoms with E-state index in [9.17, 15) is 9.59 Å². The Kier molecular flexibility index (Phi) is 5.12. The van der Waals surface area contributed by atoms with E-state index in [4.69, 9.17) is 13.9 Å². The summed E-state index contributed by atoms with van der Waals surface area (Å²) in [5.74, 6) is 0.205. The van der Waals surface area contributed by atoms with Crippen LogP contribution in [0.1, 0.15) is 43.5 Å². The van der Waals surface area contributed by atoms with Crippen LogP contribution in [0.5, 0.6) is 5.75 Å². The van der Waals surface area contributed by atoms with E-state index in [-0.39, 0.29) is 23.3 Å². The van der Waals surface area contributed by atoms with E-state index in [0.29, 0.717) is 23.3 Å². The van der Waals surface area contributed by atoms with Crippen molar-refractivity contribution >= 4 is 16.9 Å². The van der Waals surface area contributed by atoms with Crippen LogP contribution in [-0.4, -0.2) is 43.4 Å². The molecule has 1 amide bonds. The first-order valence-corrected chi connectivity index (χ1v) is 9.84. The minimum Gasteiger partial charge on any atom is -0.491 e. The zero-order valence-corrected chi connectivity index (χ0v) is 16.2. The van der Waals surface area contributed by atoms with Crippen LogP contribution in [0.25, 0.3) is 11.0 Å². The summed E-state index contributed by atoms with van der Waals surface area (Å²) in [6, 6.07) is 6.74. The molecule has 2 aliphatic heterocycles. The fourth-order valence-electron chi connectivity index (χ4n) is 4.03. The molecular formula is C21H26N2O5. The van der Waals surface area contributed by atoms with Gasteiger partial charge in [0.1, 0.15) is 16.9 Å². The molecule has 7 heteroatoms. The van der Waals surface area contributed by atoms with Crippen LogP contribution in [0.4, 0.5) is 0 Å². The van der Waals surface area contributed by atoms with Gasteiger partial charge in [-0.25, -0.2) is 4.79 Å². The maximum atomic E-state index is 12.7. The predicted molar refractivity (Wildman–Crippen MR) is 105 cm³/mol. The van der Waals surface area contributed by atoms with Gasteiger partial charge in [0.25, 0.3) is 5.91 Å². The third-order valence-corrected chi connectivity index (χ3v) is 5.38. The molecule has 2 fully saturated rings. The SMILES string of the molecule is CC(C)Oc1ccc2cc(C(=O)NC3COC4(CCNCC4)C3)c(=O)oc2c1. The minimum absolute atomic E-state index is 0.0105. The lowest BCUT2D eigenvalue weighted by atomic mass is 9.88. The van der Waals surface area contributed by atoms with Crippen molar-refractivity contribution in [1.82, 2.24) is 10.6 Å². The van der Waals surface area contributed by atoms with Crippen molar-refractivity contribution in [2.45, 2.75) is 50.9 Å². The minimum atomic E-state index is -0.651. The number of hydrogen-bond acceptors (Lipinski definition) is 6. The van der Waals surface area contributed by atoms with Gasteiger partial charge in [-0.1, -0.05) is 0 Å². The Labute approximate surface area is 163 Å². The fraction of sp³-hybridized carbons (Fsp3) is 0.524. The summed E-state index contributed by atoms with van der Waals surface area (Å²) in [4.78, 5) is 25.1. The molecule has 2 aromatic rings. The first-order valence-electron chi connectivity index (χ1n) is 9.84. The second-order valence-corrected chi connectivity index (χ2v) is 7.93. The Hall–Kier alpha value is -2.38. The molecule has 2 N–H and O–H groups in total. The number of fused-ring (bicyclic) bond motifs is 1. The molecule has 1 unspecified atom stereocenters. The van der Waals surface area contributed by atoms with Crippen molar-refractivity contribution < 1.29 is 18.7 Å². The summed E-state index contributed by atoms with van der Waals surface area (Å²) < 4.78 is 17.0. The van der Waals surface area contributed by atoms with Crippen LogP contribution in [0, 0.1) is 0 Å². The molecule has 1 aromatic carbocycles. The second kappa shape index (κ2) is 7.56. The molecular weight excluding hydrogens is 360 g/mol. The highest BCUT2D eigenvalue weighted by atomic mass is 16.5. The van der Waals surface area contributed by atoms with Gasteiger partial charge in [0.2, 0.25) is 0 Å². The number of piperidine rings is 1. The van der Waals surface area contributed by atoms with E-state index >= 15 is 0 Å². The average molecular weight is 386 g/mol. The molecule has 2 saturated heterocycles. The Morgan fingerprint density at radius 3 is 2.82 bits per heavy atom. The normalized spacial score (nSPS) is 21.3. The topological polar surface area (TPSA) is 89.8 Å². The maximum absolute atomic E-state index is 12.7. The van der Waals surface area contributed by atoms with Gasteiger partial charge in [-0.2, -0.15) is 0 Å². The second-order valence-electron chi connectivity index (χ2n) is 7.93. The lowest BCUT2D eigenvalue weighted by Gasteiger charge is -2.32. The molecule has 0 saturated carbocycles. The summed E-state index contributed by atoms with van der Waals surface area (Å²) in [6.45, 7) is 6.18. The van der Waals surface area contributed by atoms with Gasteiger partial charge < -0.3 is 24.5 Å². The van der Waals surface area contributed by atoms with Crippen molar-refractivity contribution in [3.63, 3.8) is 0 Å². The average Bonchev–Trinajstić information content (AvgIpc) is 3.02. The lowest BCUT2D eigenvalue weighted by Crippen LogP contribution is -2.43. The molecule has 3 heterocycles. The summed E-state index contributed by atoms with van der Waals surface area (Å²) in [6.07, 6.45) is 2.68. The third-order valence-electron chi connectivity index (χ3n) is 5.38. The quantitative estimate of drug-likeness (QED) is 0.783. The molecule has 2 aliphatic rings. The highest BCUT2D eigenvalue weighted by Crippen LogP contribution is 2.34. The van der Waals surface area contributed by atoms with Crippen molar-refractivity contribution in [3.05, 3.63) is 40.2 Å². The Balaban J connectivity index is 1.49. The number of benzene rings is 1. The molecule has 28 heavy (non-hydrogen) atoms. The molecule has 7 nitrogen and oxygen atoms in total. The largest absolute Gasteiger partial charge is 0.491 e. The van der Waals surface area contributed by atoms with E-state index in [1.165, 1.54) is 0 Å². The van der Waals surface area contributed by atoms with Gasteiger partial charge in [-0.05, 0) is 64.4 Å². The van der Waals surface area contributed by atoms with E-state index in [1.54, 1.807) is 24.3 Å². The maximum Gasteiger partial charge on any atom is 0.349 e. The number of ether oxygens (including phenoxy) is 2. The molecule has 1 spiro atoms. The Morgan fingerprint density at radius 1 is 1.29 bits per heavy atom. The number of hydrogen-bond donors (Lipinski definition) is 2. The van der Waals surface area contributed by atoms with Crippen LogP contribution in [0.2, 0.25) is 0 Å². The smallest absolute Gasteiger partial charge is 0.349 e. The van der Waals surface area contributed by atoms with Crippen molar-refractivity contribution in [2.75, 3.05) is 19.7 Å². The molecule has 1 atom stereocenters. The van der Waals surface area contributed by atoms with E-state index in [1.807, 2.05) is 13.8 Å². The van der Waals surface area contributed by atoms with Gasteiger partial charge in [-0.15, -0.1) is 0 Å². The summed E-state index contributed by atoms with van der Waals surface area (Å²) in [5.41, 5.74) is -0.389. The highest BCUT2D eigenvalue weighted by Gasteiger charge is 2.41. The Bertz CT molecular complexity index is 930. The zero-order valence-electron chi connectivity index (χ0n) is 16.2. The van der Waals surface area contributed by atoms with Crippen LogP contribution in [0.15, 0.2) is 33.5 Å². The van der Waals surface area contributed by atoms with E-state index in [0.717, 1.165) is 32.4 Å². The van der Waals surface area contributed by atoms with Gasteiger partial charge in [0.05, 0.1) is 24.4 Å².